The van der Waals surface area contributed by atoms with Crippen molar-refractivity contribution in [3.63, 3.8) is 0 Å². The van der Waals surface area contributed by atoms with Crippen molar-refractivity contribution in [1.29, 1.82) is 0 Å². The molecule has 0 saturated heterocycles. The smallest absolute Gasteiger partial charge is 0.164 e. The lowest BCUT2D eigenvalue weighted by Crippen LogP contribution is -2.11. The largest absolute Gasteiger partial charge is 0.374 e. The van der Waals surface area contributed by atoms with Crippen molar-refractivity contribution >= 4 is 5.69 Å². The second-order valence-corrected chi connectivity index (χ2v) is 4.11. The predicted molar refractivity (Wildman–Crippen MR) is 64.8 cm³/mol. The molecule has 0 aliphatic rings. The monoisotopic (exact) mass is 269 g/mol. The standard InChI is InChI=1S/C14H11F4N/c1-8(9-4-2-5-10(15)13(9)18)19-14-11(16)6-3-7-12(14)17/h2-8,19H,1H3. The van der Waals surface area contributed by atoms with Crippen LogP contribution < -0.4 is 5.32 Å². The third-order valence-corrected chi connectivity index (χ3v) is 2.77. The molecule has 0 heterocycles. The van der Waals surface area contributed by atoms with E-state index in [-0.39, 0.29) is 11.3 Å². The molecule has 0 amide bonds. The first-order valence-electron chi connectivity index (χ1n) is 5.65. The lowest BCUT2D eigenvalue weighted by molar-refractivity contribution is 0.494. The first kappa shape index (κ1) is 13.4. The van der Waals surface area contributed by atoms with Gasteiger partial charge in [-0.2, -0.15) is 0 Å². The average molecular weight is 269 g/mol. The number of para-hydroxylation sites is 1. The van der Waals surface area contributed by atoms with E-state index >= 15 is 0 Å². The maximum Gasteiger partial charge on any atom is 0.164 e. The Labute approximate surface area is 107 Å². The van der Waals surface area contributed by atoms with Crippen LogP contribution in [0.4, 0.5) is 23.2 Å². The zero-order chi connectivity index (χ0) is 14.0. The van der Waals surface area contributed by atoms with Crippen LogP contribution in [0.3, 0.4) is 0 Å². The summed E-state index contributed by atoms with van der Waals surface area (Å²) in [5, 5.41) is 2.51. The van der Waals surface area contributed by atoms with Gasteiger partial charge in [-0.15, -0.1) is 0 Å². The second kappa shape index (κ2) is 5.30. The molecule has 2 rings (SSSR count). The van der Waals surface area contributed by atoms with Crippen molar-refractivity contribution in [3.8, 4) is 0 Å². The van der Waals surface area contributed by atoms with Crippen LogP contribution in [-0.2, 0) is 0 Å². The van der Waals surface area contributed by atoms with Crippen molar-refractivity contribution in [2.75, 3.05) is 5.32 Å². The van der Waals surface area contributed by atoms with Gasteiger partial charge in [0.25, 0.3) is 0 Å². The van der Waals surface area contributed by atoms with E-state index in [9.17, 15) is 17.6 Å². The number of rotatable bonds is 3. The Kier molecular flexibility index (Phi) is 3.74. The van der Waals surface area contributed by atoms with E-state index in [0.29, 0.717) is 0 Å². The van der Waals surface area contributed by atoms with E-state index in [1.165, 1.54) is 25.1 Å². The predicted octanol–water partition coefficient (Wildman–Crippen LogP) is 4.42. The Morgan fingerprint density at radius 1 is 0.842 bits per heavy atom. The second-order valence-electron chi connectivity index (χ2n) is 4.11. The van der Waals surface area contributed by atoms with Crippen molar-refractivity contribution in [1.82, 2.24) is 0 Å². The summed E-state index contributed by atoms with van der Waals surface area (Å²) in [7, 11) is 0. The molecule has 100 valence electrons. The Balaban J connectivity index is 2.31. The fraction of sp³-hybridized carbons (Fsp3) is 0.143. The van der Waals surface area contributed by atoms with Gasteiger partial charge >= 0.3 is 0 Å². The number of benzene rings is 2. The average Bonchev–Trinajstić information content (AvgIpc) is 2.37. The molecule has 0 aliphatic carbocycles. The molecule has 1 nitrogen and oxygen atoms in total. The van der Waals surface area contributed by atoms with Crippen molar-refractivity contribution < 1.29 is 17.6 Å². The van der Waals surface area contributed by atoms with Crippen molar-refractivity contribution in [3.05, 3.63) is 65.2 Å². The maximum absolute atomic E-state index is 13.6. The zero-order valence-electron chi connectivity index (χ0n) is 10.1. The van der Waals surface area contributed by atoms with Crippen LogP contribution in [0, 0.1) is 23.3 Å². The third-order valence-electron chi connectivity index (χ3n) is 2.77. The molecule has 5 heteroatoms. The van der Waals surface area contributed by atoms with E-state index in [0.717, 1.165) is 18.2 Å². The molecule has 0 fully saturated rings. The van der Waals surface area contributed by atoms with E-state index < -0.39 is 29.3 Å². The summed E-state index contributed by atoms with van der Waals surface area (Å²) < 4.78 is 53.5. The fourth-order valence-electron chi connectivity index (χ4n) is 1.78. The van der Waals surface area contributed by atoms with Crippen LogP contribution in [0.1, 0.15) is 18.5 Å². The third kappa shape index (κ3) is 2.70. The van der Waals surface area contributed by atoms with Gasteiger partial charge in [-0.25, -0.2) is 17.6 Å². The van der Waals surface area contributed by atoms with Gasteiger partial charge in [0.2, 0.25) is 0 Å². The molecule has 0 radical (unpaired) electrons. The molecule has 19 heavy (non-hydrogen) atoms. The van der Waals surface area contributed by atoms with Gasteiger partial charge in [-0.1, -0.05) is 18.2 Å². The summed E-state index contributed by atoms with van der Waals surface area (Å²) >= 11 is 0. The SMILES string of the molecule is CC(Nc1c(F)cccc1F)c1cccc(F)c1F. The van der Waals surface area contributed by atoms with Gasteiger partial charge in [0, 0.05) is 5.56 Å². The van der Waals surface area contributed by atoms with Crippen molar-refractivity contribution in [2.24, 2.45) is 0 Å². The van der Waals surface area contributed by atoms with Crippen LogP contribution in [0.25, 0.3) is 0 Å². The summed E-state index contributed by atoms with van der Waals surface area (Å²) in [5.74, 6) is -3.60. The lowest BCUT2D eigenvalue weighted by Gasteiger charge is -2.17. The molecular weight excluding hydrogens is 258 g/mol. The van der Waals surface area contributed by atoms with E-state index in [1.54, 1.807) is 0 Å². The molecule has 1 atom stereocenters. The van der Waals surface area contributed by atoms with Crippen LogP contribution in [0.15, 0.2) is 36.4 Å². The molecule has 1 unspecified atom stereocenters. The number of hydrogen-bond donors (Lipinski definition) is 1. The number of hydrogen-bond acceptors (Lipinski definition) is 1. The van der Waals surface area contributed by atoms with E-state index in [4.69, 9.17) is 0 Å². The van der Waals surface area contributed by atoms with E-state index in [2.05, 4.69) is 5.32 Å². The highest BCUT2D eigenvalue weighted by atomic mass is 19.2. The van der Waals surface area contributed by atoms with Gasteiger partial charge < -0.3 is 5.32 Å². The number of anilines is 1. The highest BCUT2D eigenvalue weighted by molar-refractivity contribution is 5.48. The summed E-state index contributed by atoms with van der Waals surface area (Å²) in [5.41, 5.74) is -0.360. The summed E-state index contributed by atoms with van der Waals surface area (Å²) in [6.45, 7) is 1.49. The van der Waals surface area contributed by atoms with Crippen LogP contribution in [0.5, 0.6) is 0 Å². The first-order chi connectivity index (χ1) is 9.00. The highest BCUT2D eigenvalue weighted by Gasteiger charge is 2.17. The number of halogens is 4. The summed E-state index contributed by atoms with van der Waals surface area (Å²) in [6.07, 6.45) is 0. The Hall–Kier alpha value is -2.04. The minimum absolute atomic E-state index is 0.00246. The van der Waals surface area contributed by atoms with Gasteiger partial charge in [0.05, 0.1) is 6.04 Å². The lowest BCUT2D eigenvalue weighted by atomic mass is 10.1. The minimum atomic E-state index is -1.03. The minimum Gasteiger partial charge on any atom is -0.374 e. The Bertz CT molecular complexity index is 578. The quantitative estimate of drug-likeness (QED) is 0.813. The van der Waals surface area contributed by atoms with Gasteiger partial charge in [0.1, 0.15) is 17.3 Å². The molecule has 0 aromatic heterocycles. The molecule has 0 bridgehead atoms. The van der Waals surface area contributed by atoms with Gasteiger partial charge in [0.15, 0.2) is 11.6 Å². The zero-order valence-corrected chi connectivity index (χ0v) is 10.1. The molecule has 0 spiro atoms. The Morgan fingerprint density at radius 3 is 2.00 bits per heavy atom. The molecular formula is C14H11F4N. The summed E-state index contributed by atoms with van der Waals surface area (Å²) in [6, 6.07) is 6.29. The molecule has 2 aromatic carbocycles. The van der Waals surface area contributed by atoms with Crippen LogP contribution >= 0.6 is 0 Å². The van der Waals surface area contributed by atoms with Gasteiger partial charge in [-0.3, -0.25) is 0 Å². The molecule has 2 aromatic rings. The number of nitrogens with one attached hydrogen (secondary N) is 1. The fourth-order valence-corrected chi connectivity index (χ4v) is 1.78. The molecule has 1 N–H and O–H groups in total. The van der Waals surface area contributed by atoms with Crippen molar-refractivity contribution in [2.45, 2.75) is 13.0 Å². The topological polar surface area (TPSA) is 12.0 Å². The first-order valence-corrected chi connectivity index (χ1v) is 5.65. The molecule has 0 aliphatic heterocycles. The van der Waals surface area contributed by atoms with E-state index in [1.807, 2.05) is 0 Å². The van der Waals surface area contributed by atoms with Crippen LogP contribution in [0.2, 0.25) is 0 Å². The van der Waals surface area contributed by atoms with Gasteiger partial charge in [-0.05, 0) is 25.1 Å². The highest BCUT2D eigenvalue weighted by Crippen LogP contribution is 2.26. The Morgan fingerprint density at radius 2 is 1.37 bits per heavy atom. The molecule has 0 saturated carbocycles. The normalized spacial score (nSPS) is 12.3. The van der Waals surface area contributed by atoms with Crippen LogP contribution in [-0.4, -0.2) is 0 Å². The summed E-state index contributed by atoms with van der Waals surface area (Å²) in [4.78, 5) is 0. The maximum atomic E-state index is 13.6.